The third-order valence-electron chi connectivity index (χ3n) is 4.99. The molecule has 0 spiro atoms. The van der Waals surface area contributed by atoms with Crippen LogP contribution in [0.2, 0.25) is 0 Å². The maximum atomic E-state index is 12.5. The van der Waals surface area contributed by atoms with E-state index in [1.807, 2.05) is 39.0 Å². The summed E-state index contributed by atoms with van der Waals surface area (Å²) >= 11 is 1.15. The van der Waals surface area contributed by atoms with Gasteiger partial charge < -0.3 is 21.7 Å². The molecule has 1 heterocycles. The van der Waals surface area contributed by atoms with Gasteiger partial charge in [0, 0.05) is 22.8 Å². The Bertz CT molecular complexity index is 1200. The number of nitrogens with zero attached hydrogens (tertiary/aromatic N) is 1. The molecule has 0 unspecified atom stereocenters. The van der Waals surface area contributed by atoms with E-state index in [0.29, 0.717) is 27.7 Å². The Morgan fingerprint density at radius 2 is 1.45 bits per heavy atom. The van der Waals surface area contributed by atoms with Gasteiger partial charge in [0.2, 0.25) is 5.91 Å². The van der Waals surface area contributed by atoms with Gasteiger partial charge in [0.05, 0.1) is 11.3 Å². The summed E-state index contributed by atoms with van der Waals surface area (Å²) in [6.07, 6.45) is 0. The van der Waals surface area contributed by atoms with Crippen LogP contribution in [0.4, 0.5) is 21.9 Å². The van der Waals surface area contributed by atoms with Crippen molar-refractivity contribution in [2.45, 2.75) is 25.8 Å². The monoisotopic (exact) mass is 463 g/mol. The topological polar surface area (TPSA) is 126 Å². The Labute approximate surface area is 196 Å². The molecule has 0 saturated carbocycles. The van der Waals surface area contributed by atoms with Gasteiger partial charge in [-0.1, -0.05) is 36.0 Å². The highest BCUT2D eigenvalue weighted by molar-refractivity contribution is 8.00. The number of pyridine rings is 1. The lowest BCUT2D eigenvalue weighted by Gasteiger charge is -2.13. The summed E-state index contributed by atoms with van der Waals surface area (Å²) in [7, 11) is 0. The van der Waals surface area contributed by atoms with E-state index in [4.69, 9.17) is 5.73 Å². The van der Waals surface area contributed by atoms with Crippen molar-refractivity contribution in [1.82, 2.24) is 4.98 Å². The molecule has 9 heteroatoms. The molecule has 4 amide bonds. The van der Waals surface area contributed by atoms with Gasteiger partial charge in [0.15, 0.2) is 0 Å². The smallest absolute Gasteiger partial charge is 0.323 e. The van der Waals surface area contributed by atoms with Gasteiger partial charge in [0.25, 0.3) is 5.91 Å². The molecule has 0 aliphatic heterocycles. The van der Waals surface area contributed by atoms with Crippen molar-refractivity contribution in [2.75, 3.05) is 21.7 Å². The average molecular weight is 464 g/mol. The fraction of sp³-hybridized carbons (Fsp3) is 0.167. The molecule has 0 radical (unpaired) electrons. The predicted octanol–water partition coefficient (Wildman–Crippen LogP) is 4.48. The Hall–Kier alpha value is -3.85. The number of aryl methyl sites for hydroxylation is 1. The van der Waals surface area contributed by atoms with E-state index < -0.39 is 11.9 Å². The van der Waals surface area contributed by atoms with E-state index in [2.05, 4.69) is 20.9 Å². The number of primary amides is 1. The number of para-hydroxylation sites is 1. The average Bonchev–Trinajstić information content (AvgIpc) is 2.76. The van der Waals surface area contributed by atoms with Crippen LogP contribution in [0, 0.1) is 20.8 Å². The summed E-state index contributed by atoms with van der Waals surface area (Å²) in [5, 5.41) is 8.69. The maximum absolute atomic E-state index is 12.5. The molecule has 2 aromatic carbocycles. The molecular weight excluding hydrogens is 438 g/mol. The zero-order valence-electron chi connectivity index (χ0n) is 18.6. The second kappa shape index (κ2) is 10.6. The number of nitrogens with one attached hydrogen (secondary N) is 3. The van der Waals surface area contributed by atoms with E-state index in [9.17, 15) is 14.4 Å². The molecule has 0 aliphatic carbocycles. The molecule has 33 heavy (non-hydrogen) atoms. The van der Waals surface area contributed by atoms with Crippen LogP contribution in [0.15, 0.2) is 59.6 Å². The van der Waals surface area contributed by atoms with Crippen molar-refractivity contribution in [3.8, 4) is 0 Å². The molecule has 3 aromatic rings. The predicted molar refractivity (Wildman–Crippen MR) is 132 cm³/mol. The molecule has 0 fully saturated rings. The van der Waals surface area contributed by atoms with Crippen molar-refractivity contribution < 1.29 is 14.4 Å². The number of aromatic nitrogens is 1. The summed E-state index contributed by atoms with van der Waals surface area (Å²) in [5.41, 5.74) is 10.0. The summed E-state index contributed by atoms with van der Waals surface area (Å²) in [5.74, 6) is -0.806. The Balaban J connectivity index is 1.61. The van der Waals surface area contributed by atoms with Gasteiger partial charge >= 0.3 is 6.03 Å². The van der Waals surface area contributed by atoms with Crippen LogP contribution in [0.1, 0.15) is 27.2 Å². The minimum atomic E-state index is -0.571. The van der Waals surface area contributed by atoms with Crippen LogP contribution < -0.4 is 21.7 Å². The van der Waals surface area contributed by atoms with Gasteiger partial charge in [-0.05, 0) is 62.2 Å². The van der Waals surface area contributed by atoms with Crippen LogP contribution in [-0.4, -0.2) is 28.6 Å². The zero-order valence-corrected chi connectivity index (χ0v) is 19.4. The van der Waals surface area contributed by atoms with Crippen LogP contribution in [0.25, 0.3) is 0 Å². The highest BCUT2D eigenvalue weighted by Crippen LogP contribution is 2.27. The zero-order chi connectivity index (χ0) is 24.0. The van der Waals surface area contributed by atoms with Crippen molar-refractivity contribution >= 4 is 46.7 Å². The first-order valence-electron chi connectivity index (χ1n) is 10.2. The number of amides is 4. The molecule has 8 nitrogen and oxygen atoms in total. The lowest BCUT2D eigenvalue weighted by atomic mass is 10.0. The lowest BCUT2D eigenvalue weighted by Crippen LogP contribution is -2.20. The fourth-order valence-corrected chi connectivity index (χ4v) is 4.07. The van der Waals surface area contributed by atoms with Crippen molar-refractivity contribution in [3.05, 3.63) is 77.0 Å². The molecule has 0 bridgehead atoms. The summed E-state index contributed by atoms with van der Waals surface area (Å²) in [4.78, 5) is 41.0. The minimum Gasteiger partial charge on any atom is -0.366 e. The van der Waals surface area contributed by atoms with E-state index >= 15 is 0 Å². The SMILES string of the molecule is Cc1nc(SCC(=O)Nc2cccc(NC(=O)Nc3ccccc3)c2)c(C(N)=O)c(C)c1C. The van der Waals surface area contributed by atoms with Crippen LogP contribution in [-0.2, 0) is 4.79 Å². The van der Waals surface area contributed by atoms with Gasteiger partial charge in [-0.25, -0.2) is 9.78 Å². The number of nitrogens with two attached hydrogens (primary N) is 1. The molecule has 0 aliphatic rings. The molecule has 0 atom stereocenters. The van der Waals surface area contributed by atoms with Crippen molar-refractivity contribution in [1.29, 1.82) is 0 Å². The second-order valence-corrected chi connectivity index (χ2v) is 8.32. The standard InChI is InChI=1S/C24H25N5O3S/c1-14-15(2)21(22(25)31)23(26-16(14)3)33-13-20(30)27-18-10-7-11-19(12-18)29-24(32)28-17-8-5-4-6-9-17/h4-12H,13H2,1-3H3,(H2,25,31)(H,27,30)(H2,28,29,32). The number of benzene rings is 2. The van der Waals surface area contributed by atoms with Gasteiger partial charge in [-0.2, -0.15) is 0 Å². The number of urea groups is 1. The normalized spacial score (nSPS) is 10.4. The van der Waals surface area contributed by atoms with Crippen LogP contribution in [0.3, 0.4) is 0 Å². The maximum Gasteiger partial charge on any atom is 0.323 e. The number of hydrogen-bond donors (Lipinski definition) is 4. The number of hydrogen-bond acceptors (Lipinski definition) is 5. The molecular formula is C24H25N5O3S. The molecule has 3 rings (SSSR count). The third kappa shape index (κ3) is 6.33. The number of thioether (sulfide) groups is 1. The van der Waals surface area contributed by atoms with Crippen molar-refractivity contribution in [2.24, 2.45) is 5.73 Å². The van der Waals surface area contributed by atoms with Gasteiger partial charge in [-0.15, -0.1) is 0 Å². The van der Waals surface area contributed by atoms with Crippen LogP contribution >= 0.6 is 11.8 Å². The highest BCUT2D eigenvalue weighted by atomic mass is 32.2. The summed E-state index contributed by atoms with van der Waals surface area (Å²) < 4.78 is 0. The summed E-state index contributed by atoms with van der Waals surface area (Å²) in [6, 6.07) is 15.5. The third-order valence-corrected chi connectivity index (χ3v) is 5.96. The van der Waals surface area contributed by atoms with Crippen LogP contribution in [0.5, 0.6) is 0 Å². The molecule has 1 aromatic heterocycles. The van der Waals surface area contributed by atoms with E-state index in [-0.39, 0.29) is 11.7 Å². The first-order chi connectivity index (χ1) is 15.7. The molecule has 0 saturated heterocycles. The fourth-order valence-electron chi connectivity index (χ4n) is 3.13. The van der Waals surface area contributed by atoms with Gasteiger partial charge in [0.1, 0.15) is 5.03 Å². The number of rotatable bonds is 7. The van der Waals surface area contributed by atoms with E-state index in [1.54, 1.807) is 36.4 Å². The minimum absolute atomic E-state index is 0.0430. The number of carbonyl (C=O) groups excluding carboxylic acids is 3. The number of anilines is 3. The molecule has 170 valence electrons. The first-order valence-corrected chi connectivity index (χ1v) is 11.2. The quantitative estimate of drug-likeness (QED) is 0.384. The largest absolute Gasteiger partial charge is 0.366 e. The highest BCUT2D eigenvalue weighted by Gasteiger charge is 2.18. The Kier molecular flexibility index (Phi) is 7.68. The van der Waals surface area contributed by atoms with E-state index in [1.165, 1.54) is 0 Å². The Morgan fingerprint density at radius 3 is 2.12 bits per heavy atom. The number of carbonyl (C=O) groups is 3. The van der Waals surface area contributed by atoms with Gasteiger partial charge in [-0.3, -0.25) is 9.59 Å². The Morgan fingerprint density at radius 1 is 0.848 bits per heavy atom. The molecule has 5 N–H and O–H groups in total. The first kappa shape index (κ1) is 23.8. The van der Waals surface area contributed by atoms with E-state index in [0.717, 1.165) is 28.6 Å². The second-order valence-electron chi connectivity index (χ2n) is 7.35. The van der Waals surface area contributed by atoms with Crippen molar-refractivity contribution in [3.63, 3.8) is 0 Å². The summed E-state index contributed by atoms with van der Waals surface area (Å²) in [6.45, 7) is 5.55. The lowest BCUT2D eigenvalue weighted by molar-refractivity contribution is -0.113.